The van der Waals surface area contributed by atoms with Gasteiger partial charge >= 0.3 is 0 Å². The quantitative estimate of drug-likeness (QED) is 0.845. The van der Waals surface area contributed by atoms with Crippen LogP contribution in [0.3, 0.4) is 0 Å². The molecule has 19 heavy (non-hydrogen) atoms. The largest absolute Gasteiger partial charge is 0.497 e. The summed E-state index contributed by atoms with van der Waals surface area (Å²) in [7, 11) is 1.63. The standard InChI is InChI=1S/C15H19NO3/c1-11(12-6-8-13(18-2)9-7-12)16-15(17)14-5-3-4-10-19-14/h3-4,6-9,11,14H,5,10H2,1-2H3,(H,16,17)/t11-,14+/m1/s1. The van der Waals surface area contributed by atoms with E-state index in [0.29, 0.717) is 13.0 Å². The Labute approximate surface area is 113 Å². The molecule has 1 heterocycles. The van der Waals surface area contributed by atoms with Gasteiger partial charge < -0.3 is 14.8 Å². The summed E-state index contributed by atoms with van der Waals surface area (Å²) in [4.78, 5) is 12.0. The number of ether oxygens (including phenoxy) is 2. The van der Waals surface area contributed by atoms with Crippen LogP contribution in [-0.4, -0.2) is 25.7 Å². The summed E-state index contributed by atoms with van der Waals surface area (Å²) in [5, 5.41) is 2.96. The first kappa shape index (κ1) is 13.6. The van der Waals surface area contributed by atoms with Gasteiger partial charge in [-0.1, -0.05) is 24.3 Å². The highest BCUT2D eigenvalue weighted by molar-refractivity contribution is 5.81. The van der Waals surface area contributed by atoms with Crippen molar-refractivity contribution in [1.82, 2.24) is 5.32 Å². The normalized spacial score (nSPS) is 19.8. The first-order valence-electron chi connectivity index (χ1n) is 6.41. The van der Waals surface area contributed by atoms with Crippen LogP contribution in [0.2, 0.25) is 0 Å². The maximum Gasteiger partial charge on any atom is 0.249 e. The van der Waals surface area contributed by atoms with Crippen molar-refractivity contribution in [3.05, 3.63) is 42.0 Å². The predicted octanol–water partition coefficient (Wildman–Crippen LogP) is 2.22. The van der Waals surface area contributed by atoms with Gasteiger partial charge in [-0.15, -0.1) is 0 Å². The van der Waals surface area contributed by atoms with Gasteiger partial charge in [0.05, 0.1) is 19.8 Å². The smallest absolute Gasteiger partial charge is 0.249 e. The number of hydrogen-bond acceptors (Lipinski definition) is 3. The minimum atomic E-state index is -0.370. The summed E-state index contributed by atoms with van der Waals surface area (Å²) in [6.45, 7) is 2.47. The maximum atomic E-state index is 12.0. The zero-order valence-electron chi connectivity index (χ0n) is 11.3. The van der Waals surface area contributed by atoms with Gasteiger partial charge in [-0.2, -0.15) is 0 Å². The number of benzene rings is 1. The van der Waals surface area contributed by atoms with Gasteiger partial charge in [0.25, 0.3) is 0 Å². The highest BCUT2D eigenvalue weighted by Crippen LogP contribution is 2.18. The fourth-order valence-electron chi connectivity index (χ4n) is 1.99. The third kappa shape index (κ3) is 3.58. The SMILES string of the molecule is COc1ccc([C@@H](C)NC(=O)[C@@H]2CC=CCO2)cc1. The van der Waals surface area contributed by atoms with Crippen LogP contribution in [0.25, 0.3) is 0 Å². The molecule has 102 valence electrons. The molecule has 0 aromatic heterocycles. The van der Waals surface area contributed by atoms with E-state index in [1.165, 1.54) is 0 Å². The second-order valence-corrected chi connectivity index (χ2v) is 4.53. The molecule has 4 heteroatoms. The van der Waals surface area contributed by atoms with E-state index in [0.717, 1.165) is 11.3 Å². The molecule has 1 aliphatic heterocycles. The molecule has 4 nitrogen and oxygen atoms in total. The second kappa shape index (κ2) is 6.38. The Kier molecular flexibility index (Phi) is 4.58. The lowest BCUT2D eigenvalue weighted by molar-refractivity contribution is -0.133. The molecule has 0 bridgehead atoms. The van der Waals surface area contributed by atoms with E-state index in [2.05, 4.69) is 5.32 Å². The molecule has 1 aromatic rings. The lowest BCUT2D eigenvalue weighted by Gasteiger charge is -2.21. The topological polar surface area (TPSA) is 47.6 Å². The van der Waals surface area contributed by atoms with E-state index < -0.39 is 0 Å². The zero-order valence-corrected chi connectivity index (χ0v) is 11.3. The number of rotatable bonds is 4. The minimum Gasteiger partial charge on any atom is -0.497 e. The van der Waals surface area contributed by atoms with Crippen molar-refractivity contribution in [2.75, 3.05) is 13.7 Å². The third-order valence-corrected chi connectivity index (χ3v) is 3.18. The van der Waals surface area contributed by atoms with Crippen molar-refractivity contribution in [3.8, 4) is 5.75 Å². The van der Waals surface area contributed by atoms with Crippen molar-refractivity contribution >= 4 is 5.91 Å². The van der Waals surface area contributed by atoms with Crippen LogP contribution in [0, 0.1) is 0 Å². The van der Waals surface area contributed by atoms with E-state index >= 15 is 0 Å². The minimum absolute atomic E-state index is 0.0482. The van der Waals surface area contributed by atoms with Gasteiger partial charge in [-0.3, -0.25) is 4.79 Å². The molecule has 0 saturated heterocycles. The first-order valence-corrected chi connectivity index (χ1v) is 6.41. The summed E-state index contributed by atoms with van der Waals surface area (Å²) in [5.74, 6) is 0.746. The Balaban J connectivity index is 1.93. The van der Waals surface area contributed by atoms with E-state index in [1.807, 2.05) is 43.3 Å². The number of methoxy groups -OCH3 is 1. The number of carbonyl (C=O) groups excluding carboxylic acids is 1. The van der Waals surface area contributed by atoms with Crippen LogP contribution in [0.1, 0.15) is 24.9 Å². The highest BCUT2D eigenvalue weighted by Gasteiger charge is 2.21. The number of nitrogens with one attached hydrogen (secondary N) is 1. The molecule has 2 atom stereocenters. The van der Waals surface area contributed by atoms with Crippen LogP contribution in [0.15, 0.2) is 36.4 Å². The van der Waals surface area contributed by atoms with Crippen LogP contribution < -0.4 is 10.1 Å². The number of amides is 1. The predicted molar refractivity (Wildman–Crippen MR) is 73.0 cm³/mol. The molecular formula is C15H19NO3. The van der Waals surface area contributed by atoms with Gasteiger partial charge in [0.1, 0.15) is 11.9 Å². The third-order valence-electron chi connectivity index (χ3n) is 3.18. The number of carbonyl (C=O) groups is 1. The average Bonchev–Trinajstić information content (AvgIpc) is 2.48. The summed E-state index contributed by atoms with van der Waals surface area (Å²) < 4.78 is 10.5. The highest BCUT2D eigenvalue weighted by atomic mass is 16.5. The van der Waals surface area contributed by atoms with Crippen LogP contribution >= 0.6 is 0 Å². The Hall–Kier alpha value is -1.81. The molecule has 1 N–H and O–H groups in total. The lowest BCUT2D eigenvalue weighted by atomic mass is 10.1. The summed E-state index contributed by atoms with van der Waals surface area (Å²) in [6, 6.07) is 7.62. The van der Waals surface area contributed by atoms with Crippen molar-refractivity contribution in [2.45, 2.75) is 25.5 Å². The van der Waals surface area contributed by atoms with E-state index in [-0.39, 0.29) is 18.1 Å². The summed E-state index contributed by atoms with van der Waals surface area (Å²) in [5.41, 5.74) is 1.04. The van der Waals surface area contributed by atoms with E-state index in [1.54, 1.807) is 7.11 Å². The van der Waals surface area contributed by atoms with E-state index in [4.69, 9.17) is 9.47 Å². The fraction of sp³-hybridized carbons (Fsp3) is 0.400. The van der Waals surface area contributed by atoms with Crippen LogP contribution in [0.4, 0.5) is 0 Å². The van der Waals surface area contributed by atoms with Gasteiger partial charge in [0, 0.05) is 6.42 Å². The number of hydrogen-bond donors (Lipinski definition) is 1. The lowest BCUT2D eigenvalue weighted by Crippen LogP contribution is -2.38. The second-order valence-electron chi connectivity index (χ2n) is 4.53. The fourth-order valence-corrected chi connectivity index (χ4v) is 1.99. The van der Waals surface area contributed by atoms with Crippen LogP contribution in [0.5, 0.6) is 5.75 Å². The Morgan fingerprint density at radius 3 is 2.68 bits per heavy atom. The molecular weight excluding hydrogens is 242 g/mol. The summed E-state index contributed by atoms with van der Waals surface area (Å²) in [6.07, 6.45) is 4.18. The molecule has 0 unspecified atom stereocenters. The van der Waals surface area contributed by atoms with Gasteiger partial charge in [0.2, 0.25) is 5.91 Å². The van der Waals surface area contributed by atoms with Gasteiger partial charge in [-0.25, -0.2) is 0 Å². The molecule has 0 spiro atoms. The van der Waals surface area contributed by atoms with E-state index in [9.17, 15) is 4.79 Å². The Morgan fingerprint density at radius 1 is 1.37 bits per heavy atom. The molecule has 2 rings (SSSR count). The molecule has 0 radical (unpaired) electrons. The monoisotopic (exact) mass is 261 g/mol. The van der Waals surface area contributed by atoms with Crippen molar-refractivity contribution in [2.24, 2.45) is 0 Å². The van der Waals surface area contributed by atoms with Gasteiger partial charge in [0.15, 0.2) is 0 Å². The zero-order chi connectivity index (χ0) is 13.7. The Bertz CT molecular complexity index is 453. The van der Waals surface area contributed by atoms with Gasteiger partial charge in [-0.05, 0) is 24.6 Å². The molecule has 1 aliphatic rings. The molecule has 0 saturated carbocycles. The van der Waals surface area contributed by atoms with Crippen molar-refractivity contribution in [3.63, 3.8) is 0 Å². The molecule has 1 aromatic carbocycles. The molecule has 1 amide bonds. The first-order chi connectivity index (χ1) is 9.20. The molecule has 0 fully saturated rings. The maximum absolute atomic E-state index is 12.0. The van der Waals surface area contributed by atoms with Crippen molar-refractivity contribution in [1.29, 1.82) is 0 Å². The van der Waals surface area contributed by atoms with Crippen molar-refractivity contribution < 1.29 is 14.3 Å². The van der Waals surface area contributed by atoms with Crippen LogP contribution in [-0.2, 0) is 9.53 Å². The average molecular weight is 261 g/mol. The molecule has 0 aliphatic carbocycles. The summed E-state index contributed by atoms with van der Waals surface area (Å²) >= 11 is 0. The Morgan fingerprint density at radius 2 is 2.11 bits per heavy atom.